The summed E-state index contributed by atoms with van der Waals surface area (Å²) in [5, 5.41) is 3.01. The lowest BCUT2D eigenvalue weighted by Crippen LogP contribution is -2.49. The largest absolute Gasteiger partial charge is 0.378 e. The van der Waals surface area contributed by atoms with Crippen LogP contribution in [0.5, 0.6) is 0 Å². The van der Waals surface area contributed by atoms with Crippen molar-refractivity contribution in [1.29, 1.82) is 0 Å². The van der Waals surface area contributed by atoms with Gasteiger partial charge in [0.05, 0.1) is 24.6 Å². The molecule has 2 aliphatic heterocycles. The zero-order valence-electron chi connectivity index (χ0n) is 13.1. The Kier molecular flexibility index (Phi) is 4.97. The number of ether oxygens (including phenoxy) is 1. The zero-order valence-corrected chi connectivity index (χ0v) is 13.1. The number of hydrogen-bond acceptors (Lipinski definition) is 4. The Hall–Kier alpha value is -2.28. The van der Waals surface area contributed by atoms with E-state index in [1.54, 1.807) is 9.80 Å². The summed E-state index contributed by atoms with van der Waals surface area (Å²) in [6.07, 6.45) is 0.836. The second kappa shape index (κ2) is 7.32. The molecule has 2 aliphatic rings. The van der Waals surface area contributed by atoms with Gasteiger partial charge in [0.15, 0.2) is 0 Å². The Balaban J connectivity index is 1.65. The van der Waals surface area contributed by atoms with Gasteiger partial charge in [-0.15, -0.1) is 0 Å². The predicted octanol–water partition coefficient (Wildman–Crippen LogP) is 0.829. The Morgan fingerprint density at radius 1 is 1.04 bits per heavy atom. The zero-order chi connectivity index (χ0) is 16.1. The van der Waals surface area contributed by atoms with Gasteiger partial charge < -0.3 is 24.8 Å². The predicted molar refractivity (Wildman–Crippen MR) is 87.7 cm³/mol. The van der Waals surface area contributed by atoms with E-state index in [4.69, 9.17) is 4.74 Å². The Morgan fingerprint density at radius 2 is 1.74 bits per heavy atom. The van der Waals surface area contributed by atoms with E-state index in [-0.39, 0.29) is 6.03 Å². The highest BCUT2D eigenvalue weighted by Crippen LogP contribution is 2.26. The number of hydrogen-bond donors (Lipinski definition) is 1. The molecule has 1 aromatic rings. The fourth-order valence-electron chi connectivity index (χ4n) is 2.88. The van der Waals surface area contributed by atoms with Gasteiger partial charge in [0.25, 0.3) is 0 Å². The van der Waals surface area contributed by atoms with Crippen molar-refractivity contribution in [2.75, 3.05) is 62.7 Å². The van der Waals surface area contributed by atoms with Gasteiger partial charge >= 0.3 is 6.03 Å². The molecule has 2 fully saturated rings. The summed E-state index contributed by atoms with van der Waals surface area (Å²) in [5.74, 6) is 0. The van der Waals surface area contributed by atoms with Crippen LogP contribution in [0.2, 0.25) is 0 Å². The van der Waals surface area contributed by atoms with Crippen molar-refractivity contribution in [2.24, 2.45) is 0 Å². The first-order valence-corrected chi connectivity index (χ1v) is 7.95. The maximum Gasteiger partial charge on any atom is 0.322 e. The smallest absolute Gasteiger partial charge is 0.322 e. The average Bonchev–Trinajstić information content (AvgIpc) is 2.63. The number of morpholine rings is 1. The molecule has 124 valence electrons. The lowest BCUT2D eigenvalue weighted by atomic mass is 10.2. The first-order chi connectivity index (χ1) is 11.3. The third kappa shape index (κ3) is 3.73. The van der Waals surface area contributed by atoms with Gasteiger partial charge in [0.2, 0.25) is 6.41 Å². The number of nitrogens with zero attached hydrogens (tertiary/aromatic N) is 3. The van der Waals surface area contributed by atoms with Crippen LogP contribution >= 0.6 is 0 Å². The molecule has 2 saturated heterocycles. The number of amides is 3. The molecule has 1 aromatic carbocycles. The van der Waals surface area contributed by atoms with Gasteiger partial charge in [-0.05, 0) is 12.1 Å². The fourth-order valence-corrected chi connectivity index (χ4v) is 2.88. The summed E-state index contributed by atoms with van der Waals surface area (Å²) in [5.41, 5.74) is 1.84. The maximum atomic E-state index is 12.5. The molecule has 0 radical (unpaired) electrons. The summed E-state index contributed by atoms with van der Waals surface area (Å²) < 4.78 is 5.39. The molecular weight excluding hydrogens is 296 g/mol. The van der Waals surface area contributed by atoms with Crippen LogP contribution in [0, 0.1) is 0 Å². The van der Waals surface area contributed by atoms with Crippen molar-refractivity contribution in [3.63, 3.8) is 0 Å². The molecule has 0 aliphatic carbocycles. The fraction of sp³-hybridized carbons (Fsp3) is 0.500. The molecule has 23 heavy (non-hydrogen) atoms. The summed E-state index contributed by atoms with van der Waals surface area (Å²) in [7, 11) is 0. The monoisotopic (exact) mass is 318 g/mol. The third-order valence-electron chi connectivity index (χ3n) is 4.25. The third-order valence-corrected chi connectivity index (χ3v) is 4.25. The Labute approximate surface area is 135 Å². The molecule has 3 rings (SSSR count). The van der Waals surface area contributed by atoms with Crippen molar-refractivity contribution in [1.82, 2.24) is 9.80 Å². The number of anilines is 2. The highest BCUT2D eigenvalue weighted by Gasteiger charge is 2.22. The van der Waals surface area contributed by atoms with Gasteiger partial charge in [-0.25, -0.2) is 4.79 Å². The topological polar surface area (TPSA) is 65.1 Å². The van der Waals surface area contributed by atoms with Crippen LogP contribution in [-0.2, 0) is 9.53 Å². The van der Waals surface area contributed by atoms with E-state index in [0.29, 0.717) is 39.4 Å². The van der Waals surface area contributed by atoms with Crippen LogP contribution in [-0.4, -0.2) is 74.7 Å². The van der Waals surface area contributed by atoms with Gasteiger partial charge in [0, 0.05) is 39.3 Å². The first kappa shape index (κ1) is 15.6. The minimum atomic E-state index is -0.115. The molecule has 0 spiro atoms. The number of rotatable bonds is 3. The number of piperazine rings is 1. The second-order valence-corrected chi connectivity index (χ2v) is 5.68. The van der Waals surface area contributed by atoms with Crippen molar-refractivity contribution in [3.05, 3.63) is 24.3 Å². The van der Waals surface area contributed by atoms with Crippen molar-refractivity contribution in [3.8, 4) is 0 Å². The van der Waals surface area contributed by atoms with Crippen molar-refractivity contribution < 1.29 is 14.3 Å². The van der Waals surface area contributed by atoms with E-state index in [1.807, 2.05) is 24.3 Å². The van der Waals surface area contributed by atoms with Gasteiger partial charge in [0.1, 0.15) is 0 Å². The number of benzene rings is 1. The first-order valence-electron chi connectivity index (χ1n) is 7.95. The molecule has 0 aromatic heterocycles. The Morgan fingerprint density at radius 3 is 2.43 bits per heavy atom. The normalized spacial score (nSPS) is 18.7. The molecule has 2 heterocycles. The number of carbonyl (C=O) groups is 2. The summed E-state index contributed by atoms with van der Waals surface area (Å²) in [4.78, 5) is 28.9. The van der Waals surface area contributed by atoms with Gasteiger partial charge in [-0.2, -0.15) is 0 Å². The second-order valence-electron chi connectivity index (χ2n) is 5.68. The molecule has 3 amide bonds. The number of nitrogens with one attached hydrogen (secondary N) is 1. The van der Waals surface area contributed by atoms with Crippen LogP contribution in [0.15, 0.2) is 24.3 Å². The SMILES string of the molecule is O=CN1CCN(C(=O)Nc2ccccc2N2CCOCC2)CC1. The lowest BCUT2D eigenvalue weighted by molar-refractivity contribution is -0.119. The molecule has 7 heteroatoms. The molecule has 0 bridgehead atoms. The van der Waals surface area contributed by atoms with Crippen LogP contribution in [0.1, 0.15) is 0 Å². The highest BCUT2D eigenvalue weighted by atomic mass is 16.5. The minimum Gasteiger partial charge on any atom is -0.378 e. The minimum absolute atomic E-state index is 0.115. The van der Waals surface area contributed by atoms with E-state index in [0.717, 1.165) is 30.9 Å². The number of carbonyl (C=O) groups excluding carboxylic acids is 2. The van der Waals surface area contributed by atoms with E-state index < -0.39 is 0 Å². The van der Waals surface area contributed by atoms with Crippen molar-refractivity contribution >= 4 is 23.8 Å². The Bertz CT molecular complexity index is 552. The molecule has 0 atom stereocenters. The van der Waals surface area contributed by atoms with Crippen LogP contribution in [0.25, 0.3) is 0 Å². The van der Waals surface area contributed by atoms with E-state index in [9.17, 15) is 9.59 Å². The van der Waals surface area contributed by atoms with Crippen LogP contribution in [0.3, 0.4) is 0 Å². The van der Waals surface area contributed by atoms with Gasteiger partial charge in [-0.1, -0.05) is 12.1 Å². The summed E-state index contributed by atoms with van der Waals surface area (Å²) >= 11 is 0. The molecule has 0 unspecified atom stereocenters. The van der Waals surface area contributed by atoms with E-state index in [2.05, 4.69) is 10.2 Å². The highest BCUT2D eigenvalue weighted by molar-refractivity contribution is 5.93. The quantitative estimate of drug-likeness (QED) is 0.839. The van der Waals surface area contributed by atoms with Crippen LogP contribution in [0.4, 0.5) is 16.2 Å². The standard InChI is InChI=1S/C16H22N4O3/c21-13-18-5-7-20(8-6-18)16(22)17-14-3-1-2-4-15(14)19-9-11-23-12-10-19/h1-4,13H,5-12H2,(H,17,22). The van der Waals surface area contributed by atoms with E-state index in [1.165, 1.54) is 0 Å². The number of urea groups is 1. The molecule has 0 saturated carbocycles. The van der Waals surface area contributed by atoms with E-state index >= 15 is 0 Å². The summed E-state index contributed by atoms with van der Waals surface area (Å²) in [6, 6.07) is 7.72. The van der Waals surface area contributed by atoms with Crippen LogP contribution < -0.4 is 10.2 Å². The molecule has 1 N–H and O–H groups in total. The molecule has 7 nitrogen and oxygen atoms in total. The summed E-state index contributed by atoms with van der Waals surface area (Å²) in [6.45, 7) is 5.35. The van der Waals surface area contributed by atoms with Gasteiger partial charge in [-0.3, -0.25) is 4.79 Å². The molecular formula is C16H22N4O3. The lowest BCUT2D eigenvalue weighted by Gasteiger charge is -2.34. The average molecular weight is 318 g/mol. The maximum absolute atomic E-state index is 12.5. The number of para-hydroxylation sites is 2. The van der Waals surface area contributed by atoms with Crippen molar-refractivity contribution in [2.45, 2.75) is 0 Å².